The quantitative estimate of drug-likeness (QED) is 0.916. The van der Waals surface area contributed by atoms with Crippen LogP contribution in [0, 0.1) is 0 Å². The molecule has 1 atom stereocenters. The third-order valence-electron chi connectivity index (χ3n) is 2.31. The molecule has 0 fully saturated rings. The Morgan fingerprint density at radius 2 is 2.12 bits per heavy atom. The van der Waals surface area contributed by atoms with E-state index < -0.39 is 0 Å². The minimum atomic E-state index is -0.186. The number of halogens is 2. The van der Waals surface area contributed by atoms with Gasteiger partial charge < -0.3 is 10.2 Å². The maximum atomic E-state index is 11.6. The Hall–Kier alpha value is -0.770. The van der Waals surface area contributed by atoms with E-state index in [0.29, 0.717) is 11.6 Å². The summed E-state index contributed by atoms with van der Waals surface area (Å²) < 4.78 is 0. The monoisotopic (exact) mass is 276 g/mol. The molecule has 3 nitrogen and oxygen atoms in total. The van der Waals surface area contributed by atoms with Gasteiger partial charge in [0.15, 0.2) is 0 Å². The van der Waals surface area contributed by atoms with Gasteiger partial charge in [-0.05, 0) is 24.6 Å². The Bertz CT molecular complexity index is 369. The van der Waals surface area contributed by atoms with E-state index in [1.54, 1.807) is 19.0 Å². The zero-order valence-corrected chi connectivity index (χ0v) is 11.8. The van der Waals surface area contributed by atoms with Crippen molar-refractivity contribution in [3.05, 3.63) is 34.9 Å². The molecule has 0 aliphatic heterocycles. The standard InChI is InChI=1S/C12H17ClN2O.ClH/c1-9(12(16)15(2)3)14-8-10-5-4-6-11(13)7-10;/h4-7,9,14H,8H2,1-3H3;1H/t9-;/m1./s1. The zero-order valence-electron chi connectivity index (χ0n) is 10.2. The second-order valence-electron chi connectivity index (χ2n) is 3.97. The maximum absolute atomic E-state index is 11.6. The highest BCUT2D eigenvalue weighted by Gasteiger charge is 2.13. The van der Waals surface area contributed by atoms with Crippen LogP contribution in [0.4, 0.5) is 0 Å². The average Bonchev–Trinajstić information content (AvgIpc) is 2.24. The summed E-state index contributed by atoms with van der Waals surface area (Å²) in [5, 5.41) is 3.87. The zero-order chi connectivity index (χ0) is 12.1. The fraction of sp³-hybridized carbons (Fsp3) is 0.417. The highest BCUT2D eigenvalue weighted by molar-refractivity contribution is 6.30. The van der Waals surface area contributed by atoms with Crippen molar-refractivity contribution in [2.24, 2.45) is 0 Å². The molecule has 5 heteroatoms. The minimum absolute atomic E-state index is 0. The van der Waals surface area contributed by atoms with Gasteiger partial charge in [0.1, 0.15) is 0 Å². The van der Waals surface area contributed by atoms with Crippen LogP contribution >= 0.6 is 24.0 Å². The number of amides is 1. The first-order chi connectivity index (χ1) is 7.50. The lowest BCUT2D eigenvalue weighted by Crippen LogP contribution is -2.41. The van der Waals surface area contributed by atoms with Crippen molar-refractivity contribution in [2.45, 2.75) is 19.5 Å². The molecule has 0 saturated heterocycles. The number of hydrogen-bond donors (Lipinski definition) is 1. The van der Waals surface area contributed by atoms with Crippen molar-refractivity contribution >= 4 is 29.9 Å². The lowest BCUT2D eigenvalue weighted by molar-refractivity contribution is -0.130. The number of rotatable bonds is 4. The Morgan fingerprint density at radius 3 is 2.65 bits per heavy atom. The number of benzene rings is 1. The average molecular weight is 277 g/mol. The third-order valence-corrected chi connectivity index (χ3v) is 2.55. The molecule has 17 heavy (non-hydrogen) atoms. The Kier molecular flexibility index (Phi) is 7.19. The molecule has 0 aliphatic rings. The molecule has 1 N–H and O–H groups in total. The number of nitrogens with one attached hydrogen (secondary N) is 1. The molecule has 0 aromatic heterocycles. The van der Waals surface area contributed by atoms with Crippen LogP contribution in [-0.2, 0) is 11.3 Å². The molecular formula is C12H18Cl2N2O. The summed E-state index contributed by atoms with van der Waals surface area (Å²) in [4.78, 5) is 13.1. The van der Waals surface area contributed by atoms with E-state index in [2.05, 4.69) is 5.32 Å². The van der Waals surface area contributed by atoms with Crippen molar-refractivity contribution < 1.29 is 4.79 Å². The SMILES string of the molecule is C[C@@H](NCc1cccc(Cl)c1)C(=O)N(C)C.Cl. The van der Waals surface area contributed by atoms with E-state index in [4.69, 9.17) is 11.6 Å². The summed E-state index contributed by atoms with van der Waals surface area (Å²) >= 11 is 5.87. The van der Waals surface area contributed by atoms with E-state index in [9.17, 15) is 4.79 Å². The minimum Gasteiger partial charge on any atom is -0.347 e. The predicted molar refractivity (Wildman–Crippen MR) is 73.7 cm³/mol. The molecule has 0 aliphatic carbocycles. The van der Waals surface area contributed by atoms with Crippen LogP contribution in [0.3, 0.4) is 0 Å². The third kappa shape index (κ3) is 5.39. The fourth-order valence-corrected chi connectivity index (χ4v) is 1.61. The van der Waals surface area contributed by atoms with Crippen molar-refractivity contribution in [1.29, 1.82) is 0 Å². The van der Waals surface area contributed by atoms with Crippen LogP contribution < -0.4 is 5.32 Å². The molecule has 0 bridgehead atoms. The molecule has 0 radical (unpaired) electrons. The van der Waals surface area contributed by atoms with Crippen LogP contribution in [0.2, 0.25) is 5.02 Å². The lowest BCUT2D eigenvalue weighted by Gasteiger charge is -2.18. The van der Waals surface area contributed by atoms with Crippen LogP contribution in [0.15, 0.2) is 24.3 Å². The van der Waals surface area contributed by atoms with E-state index in [1.165, 1.54) is 0 Å². The number of hydrogen-bond acceptors (Lipinski definition) is 2. The largest absolute Gasteiger partial charge is 0.347 e. The molecule has 1 rings (SSSR count). The summed E-state index contributed by atoms with van der Waals surface area (Å²) in [7, 11) is 3.50. The first kappa shape index (κ1) is 16.2. The number of likely N-dealkylation sites (N-methyl/N-ethyl adjacent to an activating group) is 1. The van der Waals surface area contributed by atoms with Crippen LogP contribution in [-0.4, -0.2) is 30.9 Å². The normalized spacial score (nSPS) is 11.5. The molecule has 1 aromatic rings. The smallest absolute Gasteiger partial charge is 0.238 e. The molecule has 1 amide bonds. The highest BCUT2D eigenvalue weighted by Crippen LogP contribution is 2.10. The predicted octanol–water partition coefficient (Wildman–Crippen LogP) is 2.33. The first-order valence-corrected chi connectivity index (χ1v) is 5.57. The van der Waals surface area contributed by atoms with Crippen LogP contribution in [0.5, 0.6) is 0 Å². The van der Waals surface area contributed by atoms with Gasteiger partial charge >= 0.3 is 0 Å². The topological polar surface area (TPSA) is 32.3 Å². The summed E-state index contributed by atoms with van der Waals surface area (Å²) in [6, 6.07) is 7.42. The van der Waals surface area contributed by atoms with E-state index in [-0.39, 0.29) is 24.4 Å². The molecule has 0 heterocycles. The second-order valence-corrected chi connectivity index (χ2v) is 4.40. The van der Waals surface area contributed by atoms with Crippen molar-refractivity contribution in [3.63, 3.8) is 0 Å². The van der Waals surface area contributed by atoms with Gasteiger partial charge in [-0.25, -0.2) is 0 Å². The maximum Gasteiger partial charge on any atom is 0.238 e. The van der Waals surface area contributed by atoms with Gasteiger partial charge in [0, 0.05) is 25.7 Å². The first-order valence-electron chi connectivity index (χ1n) is 5.19. The van der Waals surface area contributed by atoms with E-state index in [1.807, 2.05) is 31.2 Å². The summed E-state index contributed by atoms with van der Waals surface area (Å²) in [6.07, 6.45) is 0. The van der Waals surface area contributed by atoms with E-state index >= 15 is 0 Å². The summed E-state index contributed by atoms with van der Waals surface area (Å²) in [5.74, 6) is 0.0713. The van der Waals surface area contributed by atoms with Gasteiger partial charge in [0.25, 0.3) is 0 Å². The fourth-order valence-electron chi connectivity index (χ4n) is 1.39. The lowest BCUT2D eigenvalue weighted by atomic mass is 10.2. The van der Waals surface area contributed by atoms with Crippen LogP contribution in [0.25, 0.3) is 0 Å². The molecule has 0 spiro atoms. The number of carbonyl (C=O) groups is 1. The Labute approximate surface area is 114 Å². The van der Waals surface area contributed by atoms with Gasteiger partial charge in [0.2, 0.25) is 5.91 Å². The van der Waals surface area contributed by atoms with Gasteiger partial charge in [-0.1, -0.05) is 23.7 Å². The molecule has 96 valence electrons. The summed E-state index contributed by atoms with van der Waals surface area (Å²) in [6.45, 7) is 2.49. The molecular weight excluding hydrogens is 259 g/mol. The molecule has 0 unspecified atom stereocenters. The van der Waals surface area contributed by atoms with Crippen molar-refractivity contribution in [3.8, 4) is 0 Å². The van der Waals surface area contributed by atoms with Crippen molar-refractivity contribution in [1.82, 2.24) is 10.2 Å². The van der Waals surface area contributed by atoms with Gasteiger partial charge in [-0.3, -0.25) is 4.79 Å². The molecule has 0 saturated carbocycles. The van der Waals surface area contributed by atoms with Gasteiger partial charge in [0.05, 0.1) is 6.04 Å². The van der Waals surface area contributed by atoms with Crippen LogP contribution in [0.1, 0.15) is 12.5 Å². The van der Waals surface area contributed by atoms with Gasteiger partial charge in [-0.15, -0.1) is 12.4 Å². The highest BCUT2D eigenvalue weighted by atomic mass is 35.5. The number of nitrogens with zero attached hydrogens (tertiary/aromatic N) is 1. The van der Waals surface area contributed by atoms with Gasteiger partial charge in [-0.2, -0.15) is 0 Å². The second kappa shape index (κ2) is 7.54. The number of carbonyl (C=O) groups excluding carboxylic acids is 1. The summed E-state index contributed by atoms with van der Waals surface area (Å²) in [5.41, 5.74) is 1.07. The van der Waals surface area contributed by atoms with E-state index in [0.717, 1.165) is 5.56 Å². The Balaban J connectivity index is 0.00000256. The van der Waals surface area contributed by atoms with Crippen molar-refractivity contribution in [2.75, 3.05) is 14.1 Å². The molecule has 1 aromatic carbocycles. The Morgan fingerprint density at radius 1 is 1.47 bits per heavy atom.